The number of guanidine groups is 1. The third-order valence-corrected chi connectivity index (χ3v) is 6.84. The van der Waals surface area contributed by atoms with Gasteiger partial charge in [-0.1, -0.05) is 86.3 Å². The van der Waals surface area contributed by atoms with Gasteiger partial charge in [-0.05, 0) is 36.8 Å². The van der Waals surface area contributed by atoms with Crippen molar-refractivity contribution in [2.24, 2.45) is 0 Å². The number of amides is 3. The standard InChI is InChI=1S/C27H35N5O2/c28-25-31-27(21-13-5-3-6-14-21,22-15-7-4-8-16-22)24(33)32(25)20-12-11-19-29-26(34)30-23-17-9-1-2-10-18-23/h3-8,13-16,23H,1-2,9-12,17-20H2,(H2,28,31)(H2,29,30,34). The fraction of sp³-hybridized carbons (Fsp3) is 0.444. The minimum atomic E-state index is -1.10. The molecule has 0 aromatic heterocycles. The van der Waals surface area contributed by atoms with Crippen LogP contribution in [0.25, 0.3) is 0 Å². The highest BCUT2D eigenvalue weighted by Crippen LogP contribution is 2.35. The van der Waals surface area contributed by atoms with E-state index in [-0.39, 0.29) is 23.9 Å². The maximum absolute atomic E-state index is 13.7. The number of unbranched alkanes of at least 4 members (excludes halogenated alkanes) is 1. The highest BCUT2D eigenvalue weighted by molar-refractivity contribution is 6.10. The molecule has 0 radical (unpaired) electrons. The number of nitrogens with one attached hydrogen (secondary N) is 4. The molecule has 180 valence electrons. The van der Waals surface area contributed by atoms with Crippen LogP contribution in [0.1, 0.15) is 62.5 Å². The van der Waals surface area contributed by atoms with Gasteiger partial charge in [-0.2, -0.15) is 0 Å². The monoisotopic (exact) mass is 461 g/mol. The summed E-state index contributed by atoms with van der Waals surface area (Å²) in [7, 11) is 0. The molecule has 0 atom stereocenters. The number of hydrogen-bond donors (Lipinski definition) is 4. The summed E-state index contributed by atoms with van der Waals surface area (Å²) < 4.78 is 0. The Labute approximate surface area is 201 Å². The van der Waals surface area contributed by atoms with Crippen LogP contribution in [0.3, 0.4) is 0 Å². The fourth-order valence-electron chi connectivity index (χ4n) is 5.01. The van der Waals surface area contributed by atoms with Gasteiger partial charge < -0.3 is 16.0 Å². The van der Waals surface area contributed by atoms with Crippen LogP contribution in [0.5, 0.6) is 0 Å². The average Bonchev–Trinajstić information content (AvgIpc) is 3.01. The molecule has 3 amide bonds. The van der Waals surface area contributed by atoms with Gasteiger partial charge in [-0.25, -0.2) is 4.79 Å². The molecule has 1 aliphatic heterocycles. The predicted octanol–water partition coefficient (Wildman–Crippen LogP) is 4.10. The first-order valence-corrected chi connectivity index (χ1v) is 12.5. The zero-order valence-electron chi connectivity index (χ0n) is 19.7. The Morgan fingerprint density at radius 2 is 1.53 bits per heavy atom. The van der Waals surface area contributed by atoms with Gasteiger partial charge in [0.1, 0.15) is 0 Å². The van der Waals surface area contributed by atoms with Gasteiger partial charge >= 0.3 is 6.03 Å². The van der Waals surface area contributed by atoms with Crippen molar-refractivity contribution in [2.75, 3.05) is 13.1 Å². The summed E-state index contributed by atoms with van der Waals surface area (Å²) in [6.07, 6.45) is 8.43. The molecular weight excluding hydrogens is 426 g/mol. The molecule has 1 heterocycles. The lowest BCUT2D eigenvalue weighted by Crippen LogP contribution is -2.45. The molecule has 2 fully saturated rings. The summed E-state index contributed by atoms with van der Waals surface area (Å²) in [6.45, 7) is 0.974. The third kappa shape index (κ3) is 5.24. The van der Waals surface area contributed by atoms with Crippen molar-refractivity contribution < 1.29 is 9.59 Å². The molecule has 4 rings (SSSR count). The lowest BCUT2D eigenvalue weighted by atomic mass is 9.82. The molecule has 2 aliphatic rings. The molecule has 2 aromatic carbocycles. The van der Waals surface area contributed by atoms with Crippen LogP contribution in [0, 0.1) is 5.41 Å². The van der Waals surface area contributed by atoms with Gasteiger partial charge in [0.25, 0.3) is 5.91 Å². The van der Waals surface area contributed by atoms with E-state index in [0.29, 0.717) is 19.5 Å². The minimum Gasteiger partial charge on any atom is -0.338 e. The summed E-state index contributed by atoms with van der Waals surface area (Å²) >= 11 is 0. The van der Waals surface area contributed by atoms with Crippen molar-refractivity contribution in [3.63, 3.8) is 0 Å². The molecule has 0 spiro atoms. The number of rotatable bonds is 8. The topological polar surface area (TPSA) is 97.3 Å². The van der Waals surface area contributed by atoms with E-state index in [1.54, 1.807) is 0 Å². The van der Waals surface area contributed by atoms with E-state index in [4.69, 9.17) is 5.41 Å². The number of carbonyl (C=O) groups is 2. The number of urea groups is 1. The Balaban J connectivity index is 1.32. The van der Waals surface area contributed by atoms with Crippen LogP contribution < -0.4 is 16.0 Å². The molecule has 1 saturated carbocycles. The largest absolute Gasteiger partial charge is 0.338 e. The van der Waals surface area contributed by atoms with Gasteiger partial charge in [-0.15, -0.1) is 0 Å². The van der Waals surface area contributed by atoms with Crippen LogP contribution in [-0.2, 0) is 10.3 Å². The van der Waals surface area contributed by atoms with Crippen molar-refractivity contribution in [1.82, 2.24) is 20.9 Å². The first-order chi connectivity index (χ1) is 16.6. The Kier molecular flexibility index (Phi) is 7.83. The predicted molar refractivity (Wildman–Crippen MR) is 133 cm³/mol. The second-order valence-corrected chi connectivity index (χ2v) is 9.21. The van der Waals surface area contributed by atoms with Crippen molar-refractivity contribution in [1.29, 1.82) is 5.41 Å². The Morgan fingerprint density at radius 3 is 2.12 bits per heavy atom. The summed E-state index contributed by atoms with van der Waals surface area (Å²) in [6, 6.07) is 19.3. The van der Waals surface area contributed by atoms with Crippen molar-refractivity contribution >= 4 is 17.9 Å². The molecule has 0 unspecified atom stereocenters. The Morgan fingerprint density at radius 1 is 0.941 bits per heavy atom. The smallest absolute Gasteiger partial charge is 0.315 e. The maximum Gasteiger partial charge on any atom is 0.315 e. The fourth-order valence-corrected chi connectivity index (χ4v) is 5.01. The van der Waals surface area contributed by atoms with Crippen LogP contribution in [-0.4, -0.2) is 41.9 Å². The second kappa shape index (κ2) is 11.2. The average molecular weight is 462 g/mol. The lowest BCUT2D eigenvalue weighted by molar-refractivity contribution is -0.130. The van der Waals surface area contributed by atoms with Gasteiger partial charge in [0.15, 0.2) is 11.5 Å². The van der Waals surface area contributed by atoms with E-state index in [9.17, 15) is 9.59 Å². The molecular formula is C27H35N5O2. The van der Waals surface area contributed by atoms with Crippen LogP contribution in [0.15, 0.2) is 60.7 Å². The Bertz CT molecular complexity index is 932. The van der Waals surface area contributed by atoms with Crippen molar-refractivity contribution in [3.8, 4) is 0 Å². The van der Waals surface area contributed by atoms with E-state index in [0.717, 1.165) is 30.4 Å². The molecule has 4 N–H and O–H groups in total. The van der Waals surface area contributed by atoms with Crippen LogP contribution in [0.4, 0.5) is 4.79 Å². The van der Waals surface area contributed by atoms with E-state index < -0.39 is 5.54 Å². The minimum absolute atomic E-state index is 0.106. The van der Waals surface area contributed by atoms with E-state index in [1.807, 2.05) is 60.7 Å². The zero-order valence-corrected chi connectivity index (χ0v) is 19.7. The van der Waals surface area contributed by atoms with Crippen molar-refractivity contribution in [3.05, 3.63) is 71.8 Å². The first-order valence-electron chi connectivity index (χ1n) is 12.5. The molecule has 0 bridgehead atoms. The van der Waals surface area contributed by atoms with Crippen LogP contribution in [0.2, 0.25) is 0 Å². The summed E-state index contributed by atoms with van der Waals surface area (Å²) in [5, 5.41) is 17.7. The third-order valence-electron chi connectivity index (χ3n) is 6.84. The summed E-state index contributed by atoms with van der Waals surface area (Å²) in [5.74, 6) is -0.0364. The van der Waals surface area contributed by atoms with E-state index in [2.05, 4.69) is 16.0 Å². The molecule has 34 heavy (non-hydrogen) atoms. The van der Waals surface area contributed by atoms with Crippen LogP contribution >= 0.6 is 0 Å². The number of benzene rings is 2. The molecule has 7 nitrogen and oxygen atoms in total. The number of carbonyl (C=O) groups excluding carboxylic acids is 2. The zero-order chi connectivity index (χ0) is 23.8. The van der Waals surface area contributed by atoms with Gasteiger partial charge in [0.2, 0.25) is 0 Å². The molecule has 2 aromatic rings. The normalized spacial score (nSPS) is 18.3. The van der Waals surface area contributed by atoms with E-state index >= 15 is 0 Å². The molecule has 1 saturated heterocycles. The Hall–Kier alpha value is -3.35. The molecule has 7 heteroatoms. The highest BCUT2D eigenvalue weighted by atomic mass is 16.2. The maximum atomic E-state index is 13.7. The van der Waals surface area contributed by atoms with Gasteiger partial charge in [-0.3, -0.25) is 15.1 Å². The lowest BCUT2D eigenvalue weighted by Gasteiger charge is -2.28. The first kappa shape index (κ1) is 23.8. The number of hydrogen-bond acceptors (Lipinski definition) is 3. The molecule has 1 aliphatic carbocycles. The summed E-state index contributed by atoms with van der Waals surface area (Å²) in [5.41, 5.74) is 0.529. The quantitative estimate of drug-likeness (QED) is 0.352. The SMILES string of the molecule is N=C1NC(c2ccccc2)(c2ccccc2)C(=O)N1CCCCNC(=O)NC1CCCCCC1. The van der Waals surface area contributed by atoms with Crippen molar-refractivity contribution in [2.45, 2.75) is 62.9 Å². The number of nitrogens with zero attached hydrogens (tertiary/aromatic N) is 1. The highest BCUT2D eigenvalue weighted by Gasteiger charge is 2.51. The second-order valence-electron chi connectivity index (χ2n) is 9.21. The van der Waals surface area contributed by atoms with E-state index in [1.165, 1.54) is 30.6 Å². The van der Waals surface area contributed by atoms with Gasteiger partial charge in [0, 0.05) is 19.1 Å². The van der Waals surface area contributed by atoms with Gasteiger partial charge in [0.05, 0.1) is 0 Å². The summed E-state index contributed by atoms with van der Waals surface area (Å²) in [4.78, 5) is 27.4.